The fraction of sp³-hybridized carbons (Fsp3) is 0.190. The zero-order chi connectivity index (χ0) is 20.1. The molecule has 2 amide bonds. The van der Waals surface area contributed by atoms with Crippen molar-refractivity contribution in [3.63, 3.8) is 0 Å². The van der Waals surface area contributed by atoms with Crippen LogP contribution in [0.25, 0.3) is 0 Å². The third kappa shape index (κ3) is 4.78. The lowest BCUT2D eigenvalue weighted by molar-refractivity contribution is -0.120. The molecular weight excluding hydrogens is 376 g/mol. The van der Waals surface area contributed by atoms with E-state index in [1.165, 1.54) is 0 Å². The number of imidazole rings is 1. The predicted molar refractivity (Wildman–Crippen MR) is 108 cm³/mol. The van der Waals surface area contributed by atoms with Gasteiger partial charge in [0.25, 0.3) is 5.91 Å². The van der Waals surface area contributed by atoms with Crippen LogP contribution in [0.2, 0.25) is 5.02 Å². The van der Waals surface area contributed by atoms with Crippen molar-refractivity contribution >= 4 is 23.4 Å². The third-order valence-corrected chi connectivity index (χ3v) is 4.57. The van der Waals surface area contributed by atoms with Gasteiger partial charge in [-0.2, -0.15) is 0 Å². The highest BCUT2D eigenvalue weighted by Gasteiger charge is 2.21. The number of nitrogens with zero attached hydrogens (tertiary/aromatic N) is 2. The van der Waals surface area contributed by atoms with Crippen molar-refractivity contribution < 1.29 is 9.59 Å². The molecule has 0 fully saturated rings. The molecule has 1 aromatic heterocycles. The van der Waals surface area contributed by atoms with Gasteiger partial charge >= 0.3 is 0 Å². The fourth-order valence-electron chi connectivity index (χ4n) is 2.87. The molecule has 0 radical (unpaired) electrons. The SMILES string of the molecule is Cc1cccc(C(=O)NCC(=O)NC(c2ccc(Cl)cc2)c2nccn2C)c1. The summed E-state index contributed by atoms with van der Waals surface area (Å²) in [6, 6.07) is 14.0. The number of aryl methyl sites for hydroxylation is 2. The first-order valence-electron chi connectivity index (χ1n) is 8.81. The maximum atomic E-state index is 12.5. The Morgan fingerprint density at radius 2 is 1.93 bits per heavy atom. The normalized spacial score (nSPS) is 11.7. The lowest BCUT2D eigenvalue weighted by atomic mass is 10.1. The number of benzene rings is 2. The first-order chi connectivity index (χ1) is 13.4. The maximum absolute atomic E-state index is 12.5. The number of nitrogens with one attached hydrogen (secondary N) is 2. The van der Waals surface area contributed by atoms with Gasteiger partial charge in [0.2, 0.25) is 5.91 Å². The molecule has 1 atom stereocenters. The molecular formula is C21H21ClN4O2. The summed E-state index contributed by atoms with van der Waals surface area (Å²) in [4.78, 5) is 29.1. The molecule has 7 heteroatoms. The largest absolute Gasteiger partial charge is 0.343 e. The van der Waals surface area contributed by atoms with E-state index in [0.29, 0.717) is 16.4 Å². The van der Waals surface area contributed by atoms with Crippen molar-refractivity contribution in [3.05, 3.63) is 88.5 Å². The van der Waals surface area contributed by atoms with Gasteiger partial charge in [0.15, 0.2) is 0 Å². The minimum absolute atomic E-state index is 0.138. The highest BCUT2D eigenvalue weighted by atomic mass is 35.5. The van der Waals surface area contributed by atoms with Gasteiger partial charge in [-0.05, 0) is 36.8 Å². The van der Waals surface area contributed by atoms with E-state index >= 15 is 0 Å². The molecule has 1 heterocycles. The number of halogens is 1. The standard InChI is InChI=1S/C21H21ClN4O2/c1-14-4-3-5-16(12-14)21(28)24-13-18(27)25-19(20-23-10-11-26(20)2)15-6-8-17(22)9-7-15/h3-12,19H,13H2,1-2H3,(H,24,28)(H,25,27). The van der Waals surface area contributed by atoms with Gasteiger partial charge in [0, 0.05) is 30.0 Å². The first-order valence-corrected chi connectivity index (χ1v) is 9.19. The Morgan fingerprint density at radius 3 is 2.57 bits per heavy atom. The van der Waals surface area contributed by atoms with Crippen LogP contribution in [0.5, 0.6) is 0 Å². The predicted octanol–water partition coefficient (Wildman–Crippen LogP) is 3.02. The van der Waals surface area contributed by atoms with Crippen molar-refractivity contribution in [2.45, 2.75) is 13.0 Å². The molecule has 0 aliphatic heterocycles. The molecule has 0 aliphatic carbocycles. The Balaban J connectivity index is 1.70. The zero-order valence-corrected chi connectivity index (χ0v) is 16.4. The second-order valence-electron chi connectivity index (χ2n) is 6.50. The van der Waals surface area contributed by atoms with Crippen LogP contribution in [0.4, 0.5) is 0 Å². The monoisotopic (exact) mass is 396 g/mol. The molecule has 6 nitrogen and oxygen atoms in total. The van der Waals surface area contributed by atoms with Gasteiger partial charge in [-0.15, -0.1) is 0 Å². The van der Waals surface area contributed by atoms with Crippen molar-refractivity contribution in [1.29, 1.82) is 0 Å². The van der Waals surface area contributed by atoms with Crippen molar-refractivity contribution in [2.24, 2.45) is 7.05 Å². The number of carbonyl (C=O) groups is 2. The second-order valence-corrected chi connectivity index (χ2v) is 6.94. The molecule has 28 heavy (non-hydrogen) atoms. The van der Waals surface area contributed by atoms with Crippen LogP contribution >= 0.6 is 11.6 Å². The smallest absolute Gasteiger partial charge is 0.251 e. The number of rotatable bonds is 6. The fourth-order valence-corrected chi connectivity index (χ4v) is 2.99. The van der Waals surface area contributed by atoms with Crippen molar-refractivity contribution in [2.75, 3.05) is 6.54 Å². The van der Waals surface area contributed by atoms with Gasteiger partial charge in [0.05, 0.1) is 6.54 Å². The van der Waals surface area contributed by atoms with E-state index < -0.39 is 6.04 Å². The van der Waals surface area contributed by atoms with Crippen LogP contribution in [0.3, 0.4) is 0 Å². The summed E-state index contributed by atoms with van der Waals surface area (Å²) in [6.45, 7) is 1.77. The molecule has 144 valence electrons. The molecule has 3 aromatic rings. The summed E-state index contributed by atoms with van der Waals surface area (Å²) >= 11 is 5.98. The van der Waals surface area contributed by atoms with E-state index in [1.54, 1.807) is 30.5 Å². The van der Waals surface area contributed by atoms with Gasteiger partial charge in [-0.1, -0.05) is 41.4 Å². The summed E-state index contributed by atoms with van der Waals surface area (Å²) < 4.78 is 1.84. The van der Waals surface area contributed by atoms with Gasteiger partial charge < -0.3 is 15.2 Å². The second kappa shape index (κ2) is 8.71. The topological polar surface area (TPSA) is 76.0 Å². The highest BCUT2D eigenvalue weighted by Crippen LogP contribution is 2.22. The average molecular weight is 397 g/mol. The van der Waals surface area contributed by atoms with E-state index in [-0.39, 0.29) is 18.4 Å². The number of amides is 2. The average Bonchev–Trinajstić information content (AvgIpc) is 3.10. The quantitative estimate of drug-likeness (QED) is 0.672. The molecule has 0 saturated carbocycles. The number of hydrogen-bond donors (Lipinski definition) is 2. The lowest BCUT2D eigenvalue weighted by Crippen LogP contribution is -2.39. The number of carbonyl (C=O) groups excluding carboxylic acids is 2. The van der Waals surface area contributed by atoms with Gasteiger partial charge in [-0.25, -0.2) is 4.98 Å². The highest BCUT2D eigenvalue weighted by molar-refractivity contribution is 6.30. The Labute approximate surface area is 168 Å². The van der Waals surface area contributed by atoms with Crippen molar-refractivity contribution in [3.8, 4) is 0 Å². The van der Waals surface area contributed by atoms with Crippen LogP contribution < -0.4 is 10.6 Å². The molecule has 0 bridgehead atoms. The molecule has 3 rings (SSSR count). The summed E-state index contributed by atoms with van der Waals surface area (Å²) in [6.07, 6.45) is 3.48. The summed E-state index contributed by atoms with van der Waals surface area (Å²) in [5.74, 6) is 0.0727. The third-order valence-electron chi connectivity index (χ3n) is 4.32. The van der Waals surface area contributed by atoms with Crippen molar-refractivity contribution in [1.82, 2.24) is 20.2 Å². The summed E-state index contributed by atoms with van der Waals surface area (Å²) in [5, 5.41) is 6.20. The van der Waals surface area contributed by atoms with Gasteiger partial charge in [-0.3, -0.25) is 9.59 Å². The Hall–Kier alpha value is -3.12. The van der Waals surface area contributed by atoms with Crippen LogP contribution in [-0.4, -0.2) is 27.9 Å². The lowest BCUT2D eigenvalue weighted by Gasteiger charge is -2.19. The van der Waals surface area contributed by atoms with Crippen LogP contribution in [0.1, 0.15) is 33.4 Å². The Kier molecular flexibility index (Phi) is 6.11. The summed E-state index contributed by atoms with van der Waals surface area (Å²) in [5.41, 5.74) is 2.35. The first kappa shape index (κ1) is 19.6. The molecule has 0 aliphatic rings. The van der Waals surface area contributed by atoms with E-state index in [9.17, 15) is 9.59 Å². The number of aromatic nitrogens is 2. The summed E-state index contributed by atoms with van der Waals surface area (Å²) in [7, 11) is 1.86. The number of hydrogen-bond acceptors (Lipinski definition) is 3. The van der Waals surface area contributed by atoms with E-state index in [0.717, 1.165) is 11.1 Å². The minimum atomic E-state index is -0.458. The zero-order valence-electron chi connectivity index (χ0n) is 15.6. The molecule has 1 unspecified atom stereocenters. The van der Waals surface area contributed by atoms with Crippen LogP contribution in [-0.2, 0) is 11.8 Å². The molecule has 0 saturated heterocycles. The maximum Gasteiger partial charge on any atom is 0.251 e. The Bertz CT molecular complexity index is 982. The molecule has 2 N–H and O–H groups in total. The van der Waals surface area contributed by atoms with Gasteiger partial charge in [0.1, 0.15) is 11.9 Å². The Morgan fingerprint density at radius 1 is 1.18 bits per heavy atom. The van der Waals surface area contributed by atoms with E-state index in [4.69, 9.17) is 11.6 Å². The van der Waals surface area contributed by atoms with E-state index in [2.05, 4.69) is 15.6 Å². The molecule has 2 aromatic carbocycles. The molecule has 0 spiro atoms. The minimum Gasteiger partial charge on any atom is -0.343 e. The van der Waals surface area contributed by atoms with E-state index in [1.807, 2.05) is 49.0 Å². The van der Waals surface area contributed by atoms with Crippen LogP contribution in [0.15, 0.2) is 60.9 Å². The van der Waals surface area contributed by atoms with Crippen LogP contribution in [0, 0.1) is 6.92 Å².